The molecule has 0 bridgehead atoms. The highest BCUT2D eigenvalue weighted by atomic mass is 16.6. The lowest BCUT2D eigenvalue weighted by molar-refractivity contribution is 0.0184. The van der Waals surface area contributed by atoms with Gasteiger partial charge >= 0.3 is 6.09 Å². The topological polar surface area (TPSA) is 61.8 Å². The third-order valence-corrected chi connectivity index (χ3v) is 2.97. The minimum atomic E-state index is -0.692. The smallest absolute Gasteiger partial charge is 0.410 e. The van der Waals surface area contributed by atoms with E-state index in [0.29, 0.717) is 25.7 Å². The second kappa shape index (κ2) is 6.09. The van der Waals surface area contributed by atoms with Crippen molar-refractivity contribution in [3.05, 3.63) is 0 Å². The molecule has 0 atom stereocenters. The molecule has 1 rings (SSSR count). The second-order valence-electron chi connectivity index (χ2n) is 6.93. The van der Waals surface area contributed by atoms with Crippen LogP contribution < -0.4 is 5.32 Å². The first-order valence-electron chi connectivity index (χ1n) is 7.00. The highest BCUT2D eigenvalue weighted by Crippen LogP contribution is 2.15. The van der Waals surface area contributed by atoms with E-state index in [9.17, 15) is 9.90 Å². The maximum absolute atomic E-state index is 11.9. The first-order valence-corrected chi connectivity index (χ1v) is 7.00. The first-order chi connectivity index (χ1) is 8.57. The van der Waals surface area contributed by atoms with Crippen molar-refractivity contribution in [2.24, 2.45) is 0 Å². The van der Waals surface area contributed by atoms with E-state index in [-0.39, 0.29) is 6.09 Å². The van der Waals surface area contributed by atoms with Gasteiger partial charge in [0.15, 0.2) is 0 Å². The van der Waals surface area contributed by atoms with Gasteiger partial charge in [-0.25, -0.2) is 4.79 Å². The van der Waals surface area contributed by atoms with Crippen LogP contribution in [-0.2, 0) is 4.74 Å². The van der Waals surface area contributed by atoms with Crippen LogP contribution in [0.15, 0.2) is 0 Å². The molecule has 0 aromatic rings. The average Bonchev–Trinajstić information content (AvgIpc) is 2.23. The molecule has 5 nitrogen and oxygen atoms in total. The summed E-state index contributed by atoms with van der Waals surface area (Å²) in [5, 5.41) is 13.0. The Morgan fingerprint density at radius 1 is 1.26 bits per heavy atom. The maximum Gasteiger partial charge on any atom is 0.410 e. The molecule has 0 unspecified atom stereocenters. The predicted octanol–water partition coefficient (Wildman–Crippen LogP) is 1.75. The lowest BCUT2D eigenvalue weighted by Crippen LogP contribution is -2.49. The predicted molar refractivity (Wildman–Crippen MR) is 75.1 cm³/mol. The summed E-state index contributed by atoms with van der Waals surface area (Å²) in [5.41, 5.74) is -1.13. The Hall–Kier alpha value is -0.810. The van der Waals surface area contributed by atoms with Crippen LogP contribution in [0.5, 0.6) is 0 Å². The van der Waals surface area contributed by atoms with Crippen molar-refractivity contribution in [3.63, 3.8) is 0 Å². The molecule has 5 heteroatoms. The number of carbonyl (C=O) groups excluding carboxylic acids is 1. The van der Waals surface area contributed by atoms with Gasteiger partial charge in [-0.15, -0.1) is 0 Å². The van der Waals surface area contributed by atoms with Gasteiger partial charge in [0.25, 0.3) is 0 Å². The van der Waals surface area contributed by atoms with E-state index in [1.165, 1.54) is 0 Å². The molecule has 0 saturated carbocycles. The molecule has 0 spiro atoms. The molecule has 0 aromatic carbocycles. The third kappa shape index (κ3) is 6.78. The monoisotopic (exact) mass is 272 g/mol. The molecule has 1 amide bonds. The Kier molecular flexibility index (Phi) is 5.21. The van der Waals surface area contributed by atoms with Crippen molar-refractivity contribution >= 4 is 6.09 Å². The van der Waals surface area contributed by atoms with Gasteiger partial charge < -0.3 is 20.1 Å². The number of carbonyl (C=O) groups is 1. The second-order valence-corrected chi connectivity index (χ2v) is 6.93. The van der Waals surface area contributed by atoms with Crippen molar-refractivity contribution in [2.75, 3.05) is 19.6 Å². The summed E-state index contributed by atoms with van der Waals surface area (Å²) in [6, 6.07) is 0.366. The lowest BCUT2D eigenvalue weighted by atomic mass is 10.0. The SMILES string of the molecule is CC(C)(O)CNC1CCN(C(=O)OC(C)(C)C)CC1. The fourth-order valence-corrected chi connectivity index (χ4v) is 1.99. The van der Waals surface area contributed by atoms with Gasteiger partial charge in [0.05, 0.1) is 5.60 Å². The Morgan fingerprint density at radius 2 is 1.79 bits per heavy atom. The number of nitrogens with one attached hydrogen (secondary N) is 1. The first kappa shape index (κ1) is 16.2. The number of hydrogen-bond acceptors (Lipinski definition) is 4. The summed E-state index contributed by atoms with van der Waals surface area (Å²) in [6.07, 6.45) is 1.57. The normalized spacial score (nSPS) is 18.5. The van der Waals surface area contributed by atoms with E-state index >= 15 is 0 Å². The minimum Gasteiger partial charge on any atom is -0.444 e. The van der Waals surface area contributed by atoms with Crippen LogP contribution in [0, 0.1) is 0 Å². The summed E-state index contributed by atoms with van der Waals surface area (Å²) in [6.45, 7) is 11.2. The van der Waals surface area contributed by atoms with Crippen LogP contribution >= 0.6 is 0 Å². The fourth-order valence-electron chi connectivity index (χ4n) is 1.99. The van der Waals surface area contributed by atoms with Crippen molar-refractivity contribution in [1.29, 1.82) is 0 Å². The molecule has 19 heavy (non-hydrogen) atoms. The van der Waals surface area contributed by atoms with E-state index in [1.807, 2.05) is 20.8 Å². The van der Waals surface area contributed by atoms with Gasteiger partial charge in [-0.2, -0.15) is 0 Å². The zero-order chi connectivity index (χ0) is 14.7. The standard InChI is InChI=1S/C14H28N2O3/c1-13(2,3)19-12(17)16-8-6-11(7-9-16)15-10-14(4,5)18/h11,15,18H,6-10H2,1-5H3. The Labute approximate surface area is 116 Å². The summed E-state index contributed by atoms with van der Waals surface area (Å²) >= 11 is 0. The fraction of sp³-hybridized carbons (Fsp3) is 0.929. The number of ether oxygens (including phenoxy) is 1. The summed E-state index contributed by atoms with van der Waals surface area (Å²) in [4.78, 5) is 13.6. The molecule has 1 saturated heterocycles. The largest absolute Gasteiger partial charge is 0.444 e. The van der Waals surface area contributed by atoms with Crippen LogP contribution in [0.3, 0.4) is 0 Å². The number of piperidine rings is 1. The molecule has 0 aromatic heterocycles. The van der Waals surface area contributed by atoms with Crippen LogP contribution in [0.1, 0.15) is 47.5 Å². The highest BCUT2D eigenvalue weighted by Gasteiger charge is 2.27. The van der Waals surface area contributed by atoms with E-state index in [2.05, 4.69) is 5.32 Å². The van der Waals surface area contributed by atoms with Gasteiger partial charge in [-0.1, -0.05) is 0 Å². The number of likely N-dealkylation sites (tertiary alicyclic amines) is 1. The number of hydrogen-bond donors (Lipinski definition) is 2. The van der Waals surface area contributed by atoms with Gasteiger partial charge in [-0.05, 0) is 47.5 Å². The van der Waals surface area contributed by atoms with Crippen LogP contribution in [0.25, 0.3) is 0 Å². The third-order valence-electron chi connectivity index (χ3n) is 2.97. The molecule has 1 fully saturated rings. The van der Waals surface area contributed by atoms with Crippen molar-refractivity contribution in [1.82, 2.24) is 10.2 Å². The molecule has 0 aliphatic carbocycles. The quantitative estimate of drug-likeness (QED) is 0.821. The molecule has 112 valence electrons. The Balaban J connectivity index is 2.31. The number of amides is 1. The summed E-state index contributed by atoms with van der Waals surface area (Å²) < 4.78 is 5.35. The van der Waals surface area contributed by atoms with E-state index < -0.39 is 11.2 Å². The highest BCUT2D eigenvalue weighted by molar-refractivity contribution is 5.68. The Bertz CT molecular complexity index is 297. The Morgan fingerprint density at radius 3 is 2.21 bits per heavy atom. The van der Waals surface area contributed by atoms with Gasteiger partial charge in [0.2, 0.25) is 0 Å². The van der Waals surface area contributed by atoms with Crippen molar-refractivity contribution in [2.45, 2.75) is 64.7 Å². The molecule has 1 heterocycles. The zero-order valence-corrected chi connectivity index (χ0v) is 12.8. The molecule has 1 aliphatic heterocycles. The molecule has 1 aliphatic rings. The lowest BCUT2D eigenvalue weighted by Gasteiger charge is -2.34. The molecule has 0 radical (unpaired) electrons. The zero-order valence-electron chi connectivity index (χ0n) is 12.8. The van der Waals surface area contributed by atoms with E-state index in [4.69, 9.17) is 4.74 Å². The maximum atomic E-state index is 11.9. The van der Waals surface area contributed by atoms with Crippen LogP contribution in [0.4, 0.5) is 4.79 Å². The summed E-state index contributed by atoms with van der Waals surface area (Å²) in [5.74, 6) is 0. The molecule has 2 N–H and O–H groups in total. The van der Waals surface area contributed by atoms with Crippen LogP contribution in [-0.4, -0.2) is 53.0 Å². The average molecular weight is 272 g/mol. The molecular weight excluding hydrogens is 244 g/mol. The van der Waals surface area contributed by atoms with Gasteiger partial charge in [0, 0.05) is 25.7 Å². The molecular formula is C14H28N2O3. The van der Waals surface area contributed by atoms with Crippen molar-refractivity contribution in [3.8, 4) is 0 Å². The van der Waals surface area contributed by atoms with E-state index in [0.717, 1.165) is 12.8 Å². The number of aliphatic hydroxyl groups is 1. The number of rotatable bonds is 3. The van der Waals surface area contributed by atoms with E-state index in [1.54, 1.807) is 18.7 Å². The van der Waals surface area contributed by atoms with Gasteiger partial charge in [-0.3, -0.25) is 0 Å². The van der Waals surface area contributed by atoms with Gasteiger partial charge in [0.1, 0.15) is 5.60 Å². The van der Waals surface area contributed by atoms with Crippen LogP contribution in [0.2, 0.25) is 0 Å². The van der Waals surface area contributed by atoms with Crippen molar-refractivity contribution < 1.29 is 14.6 Å². The summed E-state index contributed by atoms with van der Waals surface area (Å²) in [7, 11) is 0. The minimum absolute atomic E-state index is 0.228. The number of nitrogens with zero attached hydrogens (tertiary/aromatic N) is 1.